The van der Waals surface area contributed by atoms with Gasteiger partial charge >= 0.3 is 5.97 Å². The van der Waals surface area contributed by atoms with Crippen molar-refractivity contribution in [3.63, 3.8) is 0 Å². The Hall–Kier alpha value is -2.08. The summed E-state index contributed by atoms with van der Waals surface area (Å²) >= 11 is 0. The molecule has 1 aromatic carbocycles. The number of methoxy groups -OCH3 is 1. The van der Waals surface area contributed by atoms with Gasteiger partial charge in [-0.2, -0.15) is 0 Å². The Morgan fingerprint density at radius 3 is 2.77 bits per heavy atom. The van der Waals surface area contributed by atoms with Crippen molar-refractivity contribution in [1.29, 1.82) is 0 Å². The first-order chi connectivity index (χ1) is 10.6. The largest absolute Gasteiger partial charge is 0.495 e. The molecule has 0 radical (unpaired) electrons. The number of rotatable bonds is 4. The summed E-state index contributed by atoms with van der Waals surface area (Å²) in [5.74, 6) is -0.202. The molecule has 1 unspecified atom stereocenters. The molecule has 0 saturated carbocycles. The van der Waals surface area contributed by atoms with E-state index in [1.165, 1.54) is 0 Å². The topological polar surface area (TPSA) is 70.1 Å². The lowest BCUT2D eigenvalue weighted by molar-refractivity contribution is -0.143. The number of carbonyl (C=O) groups excluding carboxylic acids is 1. The first kappa shape index (κ1) is 14.8. The van der Waals surface area contributed by atoms with Crippen LogP contribution in [0.15, 0.2) is 24.3 Å². The number of para-hydroxylation sites is 2. The SMILES string of the molecule is COc1ccccc1N1CCC(N2CCC[C@H]2C(=O)O)C1=O. The van der Waals surface area contributed by atoms with Gasteiger partial charge in [0.2, 0.25) is 5.91 Å². The second kappa shape index (κ2) is 5.96. The number of benzene rings is 1. The normalized spacial score (nSPS) is 25.7. The van der Waals surface area contributed by atoms with Crippen molar-refractivity contribution in [2.75, 3.05) is 25.1 Å². The summed E-state index contributed by atoms with van der Waals surface area (Å²) in [4.78, 5) is 27.7. The third-order valence-electron chi connectivity index (χ3n) is 4.53. The fourth-order valence-electron chi connectivity index (χ4n) is 3.49. The number of hydrogen-bond donors (Lipinski definition) is 1. The first-order valence-corrected chi connectivity index (χ1v) is 7.56. The molecule has 1 aromatic rings. The van der Waals surface area contributed by atoms with E-state index in [2.05, 4.69) is 0 Å². The van der Waals surface area contributed by atoms with Gasteiger partial charge in [-0.15, -0.1) is 0 Å². The van der Waals surface area contributed by atoms with Crippen LogP contribution in [0, 0.1) is 0 Å². The summed E-state index contributed by atoms with van der Waals surface area (Å²) in [5, 5.41) is 9.31. The summed E-state index contributed by atoms with van der Waals surface area (Å²) in [7, 11) is 1.58. The van der Waals surface area contributed by atoms with Crippen molar-refractivity contribution < 1.29 is 19.4 Å². The van der Waals surface area contributed by atoms with Crippen LogP contribution in [0.5, 0.6) is 5.75 Å². The van der Waals surface area contributed by atoms with Gasteiger partial charge in [0.05, 0.1) is 18.8 Å². The summed E-state index contributed by atoms with van der Waals surface area (Å²) in [6.07, 6.45) is 2.10. The number of hydrogen-bond acceptors (Lipinski definition) is 4. The molecule has 2 aliphatic heterocycles. The number of anilines is 1. The van der Waals surface area contributed by atoms with Crippen molar-refractivity contribution in [2.24, 2.45) is 0 Å². The lowest BCUT2D eigenvalue weighted by atomic mass is 10.1. The number of amides is 1. The lowest BCUT2D eigenvalue weighted by Crippen LogP contribution is -2.47. The van der Waals surface area contributed by atoms with Gasteiger partial charge in [0, 0.05) is 6.54 Å². The Balaban J connectivity index is 1.82. The zero-order chi connectivity index (χ0) is 15.7. The van der Waals surface area contributed by atoms with Crippen molar-refractivity contribution in [1.82, 2.24) is 4.90 Å². The van der Waals surface area contributed by atoms with Crippen molar-refractivity contribution in [3.05, 3.63) is 24.3 Å². The number of carboxylic acid groups (broad SMARTS) is 1. The molecule has 22 heavy (non-hydrogen) atoms. The van der Waals surface area contributed by atoms with Crippen LogP contribution in [0.1, 0.15) is 19.3 Å². The molecular formula is C16H20N2O4. The molecule has 1 N–H and O–H groups in total. The van der Waals surface area contributed by atoms with E-state index in [-0.39, 0.29) is 11.9 Å². The van der Waals surface area contributed by atoms with Gasteiger partial charge in [-0.25, -0.2) is 0 Å². The van der Waals surface area contributed by atoms with Crippen molar-refractivity contribution in [3.8, 4) is 5.75 Å². The molecule has 2 atom stereocenters. The van der Waals surface area contributed by atoms with Crippen LogP contribution < -0.4 is 9.64 Å². The van der Waals surface area contributed by atoms with E-state index in [1.807, 2.05) is 29.2 Å². The molecule has 0 spiro atoms. The molecule has 0 aromatic heterocycles. The highest BCUT2D eigenvalue weighted by Gasteiger charge is 2.43. The van der Waals surface area contributed by atoms with Gasteiger partial charge in [0.1, 0.15) is 11.8 Å². The quantitative estimate of drug-likeness (QED) is 0.909. The van der Waals surface area contributed by atoms with Crippen LogP contribution in [0.25, 0.3) is 0 Å². The summed E-state index contributed by atoms with van der Waals surface area (Å²) in [6.45, 7) is 1.26. The molecule has 2 saturated heterocycles. The van der Waals surface area contributed by atoms with Crippen LogP contribution in [0.4, 0.5) is 5.69 Å². The second-order valence-corrected chi connectivity index (χ2v) is 5.70. The molecule has 118 valence electrons. The average molecular weight is 304 g/mol. The van der Waals surface area contributed by atoms with E-state index in [0.29, 0.717) is 31.7 Å². The number of ether oxygens (including phenoxy) is 1. The molecule has 6 heteroatoms. The maximum Gasteiger partial charge on any atom is 0.320 e. The first-order valence-electron chi connectivity index (χ1n) is 7.56. The van der Waals surface area contributed by atoms with E-state index in [1.54, 1.807) is 12.0 Å². The molecule has 1 amide bonds. The number of carbonyl (C=O) groups is 2. The molecule has 2 fully saturated rings. The highest BCUT2D eigenvalue weighted by atomic mass is 16.5. The molecular weight excluding hydrogens is 284 g/mol. The van der Waals surface area contributed by atoms with Crippen LogP contribution in [0.2, 0.25) is 0 Å². The Kier molecular flexibility index (Phi) is 4.02. The van der Waals surface area contributed by atoms with Crippen LogP contribution in [-0.2, 0) is 9.59 Å². The molecule has 6 nitrogen and oxygen atoms in total. The highest BCUT2D eigenvalue weighted by molar-refractivity contribution is 6.00. The summed E-state index contributed by atoms with van der Waals surface area (Å²) in [5.41, 5.74) is 0.753. The summed E-state index contributed by atoms with van der Waals surface area (Å²) in [6, 6.07) is 6.54. The van der Waals surface area contributed by atoms with E-state index >= 15 is 0 Å². The molecule has 2 heterocycles. The molecule has 0 bridgehead atoms. The van der Waals surface area contributed by atoms with Gasteiger partial charge < -0.3 is 14.7 Å². The molecule has 2 aliphatic rings. The Morgan fingerprint density at radius 2 is 2.05 bits per heavy atom. The number of aliphatic carboxylic acids is 1. The van der Waals surface area contributed by atoms with Gasteiger partial charge in [-0.05, 0) is 37.9 Å². The van der Waals surface area contributed by atoms with Gasteiger partial charge in [-0.1, -0.05) is 12.1 Å². The third-order valence-corrected chi connectivity index (χ3v) is 4.53. The smallest absolute Gasteiger partial charge is 0.320 e. The van der Waals surface area contributed by atoms with Gasteiger partial charge in [0.25, 0.3) is 0 Å². The van der Waals surface area contributed by atoms with Crippen LogP contribution in [-0.4, -0.2) is 54.2 Å². The highest BCUT2D eigenvalue weighted by Crippen LogP contribution is 2.34. The van der Waals surface area contributed by atoms with Gasteiger partial charge in [-0.3, -0.25) is 14.5 Å². The number of carboxylic acids is 1. The second-order valence-electron chi connectivity index (χ2n) is 5.70. The Morgan fingerprint density at radius 1 is 1.27 bits per heavy atom. The van der Waals surface area contributed by atoms with E-state index in [0.717, 1.165) is 12.1 Å². The zero-order valence-electron chi connectivity index (χ0n) is 12.6. The molecule has 0 aliphatic carbocycles. The minimum absolute atomic E-state index is 0.0300. The van der Waals surface area contributed by atoms with E-state index in [4.69, 9.17) is 4.74 Å². The standard InChI is InChI=1S/C16H20N2O4/c1-22-14-7-3-2-5-11(14)18-10-8-12(15(18)19)17-9-4-6-13(17)16(20)21/h2-3,5,7,12-13H,4,6,8-10H2,1H3,(H,20,21)/t12?,13-/m0/s1. The fourth-order valence-corrected chi connectivity index (χ4v) is 3.49. The average Bonchev–Trinajstić information content (AvgIpc) is 3.13. The Labute approximate surface area is 129 Å². The van der Waals surface area contributed by atoms with Gasteiger partial charge in [0.15, 0.2) is 0 Å². The number of nitrogens with zero attached hydrogens (tertiary/aromatic N) is 2. The fraction of sp³-hybridized carbons (Fsp3) is 0.500. The maximum absolute atomic E-state index is 12.8. The predicted octanol–water partition coefficient (Wildman–Crippen LogP) is 1.35. The summed E-state index contributed by atoms with van der Waals surface area (Å²) < 4.78 is 5.32. The predicted molar refractivity (Wildman–Crippen MR) is 81.1 cm³/mol. The minimum atomic E-state index is -0.832. The van der Waals surface area contributed by atoms with Crippen LogP contribution >= 0.6 is 0 Å². The zero-order valence-corrected chi connectivity index (χ0v) is 12.6. The lowest BCUT2D eigenvalue weighted by Gasteiger charge is -2.27. The third kappa shape index (κ3) is 2.43. The number of likely N-dealkylation sites (tertiary alicyclic amines) is 1. The van der Waals surface area contributed by atoms with E-state index < -0.39 is 12.0 Å². The monoisotopic (exact) mass is 304 g/mol. The minimum Gasteiger partial charge on any atom is -0.495 e. The Bertz CT molecular complexity index is 589. The van der Waals surface area contributed by atoms with Crippen molar-refractivity contribution in [2.45, 2.75) is 31.3 Å². The molecule has 3 rings (SSSR count). The van der Waals surface area contributed by atoms with E-state index in [9.17, 15) is 14.7 Å². The van der Waals surface area contributed by atoms with Crippen molar-refractivity contribution >= 4 is 17.6 Å². The van der Waals surface area contributed by atoms with Crippen LogP contribution in [0.3, 0.4) is 0 Å². The maximum atomic E-state index is 12.8.